The summed E-state index contributed by atoms with van der Waals surface area (Å²) in [6.45, 7) is 3.74. The van der Waals surface area contributed by atoms with E-state index in [0.717, 1.165) is 19.3 Å². The Hall–Kier alpha value is -1.59. The first kappa shape index (κ1) is 16.4. The van der Waals surface area contributed by atoms with Gasteiger partial charge in [-0.3, -0.25) is 9.69 Å². The van der Waals surface area contributed by atoms with Gasteiger partial charge in [0, 0.05) is 43.6 Å². The molecule has 5 nitrogen and oxygen atoms in total. The lowest BCUT2D eigenvalue weighted by atomic mass is 9.62. The molecule has 0 amide bonds. The van der Waals surface area contributed by atoms with E-state index in [1.807, 2.05) is 0 Å². The third-order valence-corrected chi connectivity index (χ3v) is 8.72. The van der Waals surface area contributed by atoms with Crippen LogP contribution in [-0.4, -0.2) is 53.5 Å². The van der Waals surface area contributed by atoms with Crippen molar-refractivity contribution in [3.63, 3.8) is 0 Å². The smallest absolute Gasteiger partial charge is 0.302 e. The van der Waals surface area contributed by atoms with Gasteiger partial charge >= 0.3 is 5.97 Å². The van der Waals surface area contributed by atoms with E-state index >= 15 is 0 Å². The number of rotatable bonds is 2. The van der Waals surface area contributed by atoms with Crippen molar-refractivity contribution in [2.24, 2.45) is 17.8 Å². The molecule has 5 heterocycles. The zero-order valence-electron chi connectivity index (χ0n) is 16.2. The highest BCUT2D eigenvalue weighted by Crippen LogP contribution is 2.69. The van der Waals surface area contributed by atoms with E-state index in [9.17, 15) is 9.90 Å². The highest BCUT2D eigenvalue weighted by Gasteiger charge is 2.77. The second-order valence-corrected chi connectivity index (χ2v) is 9.39. The van der Waals surface area contributed by atoms with E-state index in [1.54, 1.807) is 6.92 Å². The summed E-state index contributed by atoms with van der Waals surface area (Å²) in [5.41, 5.74) is 2.49. The molecule has 7 rings (SSSR count). The van der Waals surface area contributed by atoms with Crippen molar-refractivity contribution in [3.05, 3.63) is 29.8 Å². The Morgan fingerprint density at radius 3 is 2.85 bits per heavy atom. The molecule has 1 N–H and O–H groups in total. The molecule has 27 heavy (non-hydrogen) atoms. The summed E-state index contributed by atoms with van der Waals surface area (Å²) < 4.78 is 6.17. The quantitative estimate of drug-likeness (QED) is 0.811. The molecule has 1 unspecified atom stereocenters. The monoisotopic (exact) mass is 368 g/mol. The van der Waals surface area contributed by atoms with E-state index in [2.05, 4.69) is 48.0 Å². The number of carbonyl (C=O) groups excluding carboxylic acids is 1. The Bertz CT molecular complexity index is 828. The predicted octanol–water partition coefficient (Wildman–Crippen LogP) is 2.13. The van der Waals surface area contributed by atoms with Crippen molar-refractivity contribution in [1.82, 2.24) is 4.90 Å². The zero-order valence-corrected chi connectivity index (χ0v) is 16.2. The molecule has 1 aliphatic carbocycles. The summed E-state index contributed by atoms with van der Waals surface area (Å²) in [5, 5.41) is 11.2. The SMILES string of the molecule is CC[C@H]1[C@H]2C[C@@H]3[C@H]4N(C)c5ccccc5[C@@]45C[C@H]([C@@H]2[C@H]5OC(C)=O)N3[C@@H]1O. The average Bonchev–Trinajstić information content (AvgIpc) is 3.04. The van der Waals surface area contributed by atoms with Crippen LogP contribution in [0, 0.1) is 17.8 Å². The molecule has 144 valence electrons. The fraction of sp³-hybridized carbons (Fsp3) is 0.682. The van der Waals surface area contributed by atoms with Gasteiger partial charge in [-0.1, -0.05) is 25.1 Å². The van der Waals surface area contributed by atoms with Crippen LogP contribution in [0.25, 0.3) is 0 Å². The fourth-order valence-electron chi connectivity index (χ4n) is 8.21. The van der Waals surface area contributed by atoms with Crippen molar-refractivity contribution < 1.29 is 14.6 Å². The molecule has 1 aromatic carbocycles. The van der Waals surface area contributed by atoms with Gasteiger partial charge in [-0.05, 0) is 36.8 Å². The van der Waals surface area contributed by atoms with Crippen LogP contribution in [0.2, 0.25) is 0 Å². The van der Waals surface area contributed by atoms with E-state index in [-0.39, 0.29) is 35.7 Å². The molecule has 5 fully saturated rings. The number of nitrogens with zero attached hydrogens (tertiary/aromatic N) is 2. The maximum Gasteiger partial charge on any atom is 0.302 e. The number of anilines is 1. The third-order valence-electron chi connectivity index (χ3n) is 8.72. The molecule has 1 saturated carbocycles. The molecule has 5 heteroatoms. The van der Waals surface area contributed by atoms with Gasteiger partial charge in [-0.25, -0.2) is 0 Å². The zero-order chi connectivity index (χ0) is 18.7. The van der Waals surface area contributed by atoms with E-state index in [1.165, 1.54) is 11.3 Å². The first-order valence-corrected chi connectivity index (χ1v) is 10.5. The van der Waals surface area contributed by atoms with Crippen LogP contribution >= 0.6 is 0 Å². The molecule has 0 radical (unpaired) electrons. The number of likely N-dealkylation sites (N-methyl/N-ethyl adjacent to an activating group) is 1. The summed E-state index contributed by atoms with van der Waals surface area (Å²) >= 11 is 0. The number of aliphatic hydroxyl groups is 1. The van der Waals surface area contributed by atoms with Gasteiger partial charge in [0.1, 0.15) is 12.3 Å². The molecular weight excluding hydrogens is 340 g/mol. The van der Waals surface area contributed by atoms with E-state index in [0.29, 0.717) is 23.9 Å². The lowest BCUT2D eigenvalue weighted by Gasteiger charge is -2.62. The minimum absolute atomic E-state index is 0.0855. The van der Waals surface area contributed by atoms with Gasteiger partial charge in [-0.15, -0.1) is 0 Å². The fourth-order valence-corrected chi connectivity index (χ4v) is 8.21. The van der Waals surface area contributed by atoms with Crippen molar-refractivity contribution in [2.75, 3.05) is 11.9 Å². The summed E-state index contributed by atoms with van der Waals surface area (Å²) in [7, 11) is 2.19. The lowest BCUT2D eigenvalue weighted by molar-refractivity contribution is -0.212. The normalized spacial score (nSPS) is 50.7. The Morgan fingerprint density at radius 2 is 2.11 bits per heavy atom. The van der Waals surface area contributed by atoms with E-state index < -0.39 is 0 Å². The predicted molar refractivity (Wildman–Crippen MR) is 101 cm³/mol. The van der Waals surface area contributed by atoms with Crippen LogP contribution in [-0.2, 0) is 14.9 Å². The summed E-state index contributed by atoms with van der Waals surface area (Å²) in [6.07, 6.45) is 2.64. The number of aliphatic hydroxyl groups excluding tert-OH is 1. The molecule has 5 bridgehead atoms. The summed E-state index contributed by atoms with van der Waals surface area (Å²) in [5.74, 6) is 0.897. The van der Waals surface area contributed by atoms with Gasteiger partial charge in [-0.2, -0.15) is 0 Å². The van der Waals surface area contributed by atoms with Gasteiger partial charge < -0.3 is 14.7 Å². The minimum atomic E-state index is -0.355. The number of para-hydroxylation sites is 1. The Balaban J connectivity index is 1.60. The number of ether oxygens (including phenoxy) is 1. The standard InChI is InChI=1S/C22H28N2O3/c1-4-12-13-9-16-19-22(14-7-5-6-8-15(14)23(19)3)10-17(24(16)21(12)26)18(13)20(22)27-11(2)25/h5-8,12-13,16-21,26H,4,9-10H2,1-3H3/t12-,13+,16+,17+,18+,19+,20+,21+,22-/m0/s1. The molecule has 6 aliphatic rings. The Morgan fingerprint density at radius 1 is 1.33 bits per heavy atom. The third kappa shape index (κ3) is 1.64. The minimum Gasteiger partial charge on any atom is -0.461 e. The van der Waals surface area contributed by atoms with Crippen LogP contribution in [0.4, 0.5) is 5.69 Å². The Kier molecular flexibility index (Phi) is 3.07. The molecule has 4 saturated heterocycles. The number of piperidine rings is 4. The summed E-state index contributed by atoms with van der Waals surface area (Å²) in [6, 6.07) is 9.60. The maximum atomic E-state index is 12.2. The van der Waals surface area contributed by atoms with Crippen LogP contribution in [0.5, 0.6) is 0 Å². The van der Waals surface area contributed by atoms with Crippen molar-refractivity contribution >= 4 is 11.7 Å². The number of esters is 1. The van der Waals surface area contributed by atoms with Crippen LogP contribution in [0.3, 0.4) is 0 Å². The molecule has 10 atom stereocenters. The van der Waals surface area contributed by atoms with Crippen LogP contribution < -0.4 is 4.90 Å². The number of carbonyl (C=O) groups is 1. The number of benzene rings is 1. The first-order chi connectivity index (χ1) is 13.0. The average molecular weight is 368 g/mol. The Labute approximate surface area is 160 Å². The van der Waals surface area contributed by atoms with Crippen LogP contribution in [0.1, 0.15) is 38.7 Å². The topological polar surface area (TPSA) is 53.0 Å². The van der Waals surface area contributed by atoms with E-state index in [4.69, 9.17) is 4.74 Å². The second kappa shape index (κ2) is 5.06. The van der Waals surface area contributed by atoms with Gasteiger partial charge in [0.05, 0.1) is 11.5 Å². The molecule has 1 spiro atoms. The van der Waals surface area contributed by atoms with Crippen molar-refractivity contribution in [2.45, 2.75) is 69.0 Å². The largest absolute Gasteiger partial charge is 0.461 e. The first-order valence-electron chi connectivity index (χ1n) is 10.5. The van der Waals surface area contributed by atoms with Crippen molar-refractivity contribution in [3.8, 4) is 0 Å². The highest BCUT2D eigenvalue weighted by atomic mass is 16.5. The van der Waals surface area contributed by atoms with Gasteiger partial charge in [0.2, 0.25) is 0 Å². The van der Waals surface area contributed by atoms with Gasteiger partial charge in [0.25, 0.3) is 0 Å². The second-order valence-electron chi connectivity index (χ2n) is 9.39. The number of hydrogen-bond acceptors (Lipinski definition) is 5. The molecule has 5 aliphatic heterocycles. The lowest BCUT2D eigenvalue weighted by Crippen LogP contribution is -2.72. The maximum absolute atomic E-state index is 12.2. The van der Waals surface area contributed by atoms with Crippen LogP contribution in [0.15, 0.2) is 24.3 Å². The molecule has 0 aromatic heterocycles. The number of hydrogen-bond donors (Lipinski definition) is 1. The highest BCUT2D eigenvalue weighted by molar-refractivity contribution is 5.70. The van der Waals surface area contributed by atoms with Crippen molar-refractivity contribution in [1.29, 1.82) is 0 Å². The number of fused-ring (bicyclic) bond motifs is 2. The van der Waals surface area contributed by atoms with Gasteiger partial charge in [0.15, 0.2) is 0 Å². The molecule has 1 aromatic rings. The molecular formula is C22H28N2O3. The summed E-state index contributed by atoms with van der Waals surface area (Å²) in [4.78, 5) is 17.0.